The molecule has 17 heavy (non-hydrogen) atoms. The Morgan fingerprint density at radius 3 is 2.88 bits per heavy atom. The van der Waals surface area contributed by atoms with E-state index in [1.54, 1.807) is 0 Å². The van der Waals surface area contributed by atoms with Crippen molar-refractivity contribution in [3.8, 4) is 0 Å². The van der Waals surface area contributed by atoms with E-state index in [0.717, 1.165) is 24.9 Å². The summed E-state index contributed by atoms with van der Waals surface area (Å²) in [5, 5.41) is 3.35. The Morgan fingerprint density at radius 1 is 1.41 bits per heavy atom. The van der Waals surface area contributed by atoms with Crippen molar-refractivity contribution in [1.29, 1.82) is 0 Å². The van der Waals surface area contributed by atoms with Crippen LogP contribution in [0.2, 0.25) is 0 Å². The third-order valence-corrected chi connectivity index (χ3v) is 3.18. The number of nitrogens with one attached hydrogen (secondary N) is 1. The highest BCUT2D eigenvalue weighted by molar-refractivity contribution is 5.43. The van der Waals surface area contributed by atoms with E-state index in [9.17, 15) is 0 Å². The van der Waals surface area contributed by atoms with E-state index in [2.05, 4.69) is 35.1 Å². The van der Waals surface area contributed by atoms with Crippen LogP contribution >= 0.6 is 0 Å². The molecule has 1 fully saturated rings. The maximum Gasteiger partial charge on any atom is 0.130 e. The lowest BCUT2D eigenvalue weighted by Gasteiger charge is -2.22. The molecule has 1 heterocycles. The van der Waals surface area contributed by atoms with Crippen LogP contribution in [-0.2, 0) is 6.54 Å². The van der Waals surface area contributed by atoms with Gasteiger partial charge in [-0.2, -0.15) is 0 Å². The van der Waals surface area contributed by atoms with Crippen LogP contribution in [-0.4, -0.2) is 29.0 Å². The van der Waals surface area contributed by atoms with Crippen molar-refractivity contribution >= 4 is 5.82 Å². The third-order valence-electron chi connectivity index (χ3n) is 3.18. The van der Waals surface area contributed by atoms with Crippen LogP contribution in [0.25, 0.3) is 0 Å². The molecule has 3 heteroatoms. The minimum absolute atomic E-state index is 0.824. The summed E-state index contributed by atoms with van der Waals surface area (Å²) in [4.78, 5) is 7.02. The summed E-state index contributed by atoms with van der Waals surface area (Å²) in [5.74, 6) is 1.05. The highest BCUT2D eigenvalue weighted by atomic mass is 15.2. The van der Waals surface area contributed by atoms with E-state index in [1.807, 2.05) is 12.3 Å². The number of pyridine rings is 1. The van der Waals surface area contributed by atoms with Gasteiger partial charge in [0, 0.05) is 30.9 Å². The van der Waals surface area contributed by atoms with Crippen LogP contribution in [0.1, 0.15) is 38.7 Å². The molecule has 0 atom stereocenters. The number of aromatic nitrogens is 1. The molecule has 0 unspecified atom stereocenters. The van der Waals surface area contributed by atoms with Gasteiger partial charge in [-0.25, -0.2) is 4.98 Å². The predicted octanol–water partition coefficient (Wildman–Crippen LogP) is 2.89. The summed E-state index contributed by atoms with van der Waals surface area (Å²) in [7, 11) is 0. The Hall–Kier alpha value is -1.09. The van der Waals surface area contributed by atoms with Crippen molar-refractivity contribution in [2.24, 2.45) is 0 Å². The zero-order chi connectivity index (χ0) is 12.1. The monoisotopic (exact) mass is 233 g/mol. The second-order valence-corrected chi connectivity index (χ2v) is 4.74. The predicted molar refractivity (Wildman–Crippen MR) is 72.1 cm³/mol. The van der Waals surface area contributed by atoms with Gasteiger partial charge in [0.05, 0.1) is 0 Å². The molecule has 1 aliphatic rings. The molecule has 0 spiro atoms. The van der Waals surface area contributed by atoms with E-state index < -0.39 is 0 Å². The summed E-state index contributed by atoms with van der Waals surface area (Å²) in [6.07, 6.45) is 5.84. The zero-order valence-corrected chi connectivity index (χ0v) is 10.9. The number of rotatable bonds is 7. The summed E-state index contributed by atoms with van der Waals surface area (Å²) >= 11 is 0. The van der Waals surface area contributed by atoms with Crippen molar-refractivity contribution in [2.75, 3.05) is 18.4 Å². The van der Waals surface area contributed by atoms with Gasteiger partial charge in [-0.15, -0.1) is 0 Å². The minimum atomic E-state index is 0.824. The Bertz CT molecular complexity index is 347. The van der Waals surface area contributed by atoms with Gasteiger partial charge in [-0.3, -0.25) is 4.90 Å². The van der Waals surface area contributed by atoms with Crippen LogP contribution in [0.3, 0.4) is 0 Å². The molecule has 0 aromatic carbocycles. The Kier molecular flexibility index (Phi) is 4.37. The smallest absolute Gasteiger partial charge is 0.130 e. The molecule has 94 valence electrons. The summed E-state index contributed by atoms with van der Waals surface area (Å²) in [5.41, 5.74) is 1.33. The first-order valence-corrected chi connectivity index (χ1v) is 6.77. The molecule has 0 saturated heterocycles. The van der Waals surface area contributed by atoms with Gasteiger partial charge < -0.3 is 5.32 Å². The fourth-order valence-corrected chi connectivity index (χ4v) is 2.23. The second kappa shape index (κ2) is 6.01. The topological polar surface area (TPSA) is 28.2 Å². The highest BCUT2D eigenvalue weighted by Crippen LogP contribution is 2.29. The molecule has 1 aromatic rings. The fourth-order valence-electron chi connectivity index (χ4n) is 2.23. The van der Waals surface area contributed by atoms with E-state index >= 15 is 0 Å². The fraction of sp³-hybridized carbons (Fsp3) is 0.643. The molecule has 2 rings (SSSR count). The standard InChI is InChI=1S/C14H23N3/c1-3-10-17(13-7-8-13)11-12-6-5-9-16-14(12)15-4-2/h5-6,9,13H,3-4,7-8,10-11H2,1-2H3,(H,15,16). The van der Waals surface area contributed by atoms with Gasteiger partial charge in [0.15, 0.2) is 0 Å². The number of hydrogen-bond acceptors (Lipinski definition) is 3. The van der Waals surface area contributed by atoms with Crippen molar-refractivity contribution in [3.05, 3.63) is 23.9 Å². The van der Waals surface area contributed by atoms with Gasteiger partial charge in [-0.05, 0) is 38.8 Å². The van der Waals surface area contributed by atoms with Crippen LogP contribution in [0.4, 0.5) is 5.82 Å². The largest absolute Gasteiger partial charge is 0.370 e. The minimum Gasteiger partial charge on any atom is -0.370 e. The lowest BCUT2D eigenvalue weighted by molar-refractivity contribution is 0.255. The van der Waals surface area contributed by atoms with E-state index in [1.165, 1.54) is 31.4 Å². The summed E-state index contributed by atoms with van der Waals surface area (Å²) in [6, 6.07) is 5.05. The Balaban J connectivity index is 2.04. The first-order valence-electron chi connectivity index (χ1n) is 6.77. The molecule has 0 amide bonds. The first-order chi connectivity index (χ1) is 8.35. The molecule has 1 aromatic heterocycles. The highest BCUT2D eigenvalue weighted by Gasteiger charge is 2.28. The van der Waals surface area contributed by atoms with Gasteiger partial charge in [-0.1, -0.05) is 13.0 Å². The molecule has 0 bridgehead atoms. The van der Waals surface area contributed by atoms with E-state index in [0.29, 0.717) is 0 Å². The van der Waals surface area contributed by atoms with Crippen LogP contribution in [0.15, 0.2) is 18.3 Å². The number of hydrogen-bond donors (Lipinski definition) is 1. The quantitative estimate of drug-likeness (QED) is 0.785. The van der Waals surface area contributed by atoms with E-state index in [4.69, 9.17) is 0 Å². The average Bonchev–Trinajstić information content (AvgIpc) is 3.15. The van der Waals surface area contributed by atoms with Gasteiger partial charge in [0.25, 0.3) is 0 Å². The molecular formula is C14H23N3. The maximum atomic E-state index is 4.42. The Morgan fingerprint density at radius 2 is 2.24 bits per heavy atom. The van der Waals surface area contributed by atoms with Gasteiger partial charge >= 0.3 is 0 Å². The molecule has 0 aliphatic heterocycles. The van der Waals surface area contributed by atoms with E-state index in [-0.39, 0.29) is 0 Å². The SMILES string of the molecule is CCCN(Cc1cccnc1NCC)C1CC1. The average molecular weight is 233 g/mol. The molecule has 1 aliphatic carbocycles. The first kappa shape index (κ1) is 12.4. The summed E-state index contributed by atoms with van der Waals surface area (Å²) < 4.78 is 0. The lowest BCUT2D eigenvalue weighted by Crippen LogP contribution is -2.27. The summed E-state index contributed by atoms with van der Waals surface area (Å²) in [6.45, 7) is 7.54. The molecule has 0 radical (unpaired) electrons. The number of nitrogens with zero attached hydrogens (tertiary/aromatic N) is 2. The maximum absolute atomic E-state index is 4.42. The van der Waals surface area contributed by atoms with Crippen molar-refractivity contribution in [2.45, 2.75) is 45.7 Å². The Labute approximate surface area is 104 Å². The molecular weight excluding hydrogens is 210 g/mol. The van der Waals surface area contributed by atoms with Crippen molar-refractivity contribution < 1.29 is 0 Å². The van der Waals surface area contributed by atoms with Crippen molar-refractivity contribution in [1.82, 2.24) is 9.88 Å². The van der Waals surface area contributed by atoms with Gasteiger partial charge in [0.2, 0.25) is 0 Å². The third kappa shape index (κ3) is 3.43. The van der Waals surface area contributed by atoms with Crippen LogP contribution in [0.5, 0.6) is 0 Å². The van der Waals surface area contributed by atoms with Crippen LogP contribution < -0.4 is 5.32 Å². The van der Waals surface area contributed by atoms with Crippen molar-refractivity contribution in [3.63, 3.8) is 0 Å². The lowest BCUT2D eigenvalue weighted by atomic mass is 10.2. The molecule has 3 nitrogen and oxygen atoms in total. The normalized spacial score (nSPS) is 15.2. The second-order valence-electron chi connectivity index (χ2n) is 4.74. The molecule has 1 saturated carbocycles. The molecule has 1 N–H and O–H groups in total. The zero-order valence-electron chi connectivity index (χ0n) is 10.9. The number of anilines is 1. The van der Waals surface area contributed by atoms with Gasteiger partial charge in [0.1, 0.15) is 5.82 Å². The van der Waals surface area contributed by atoms with Crippen LogP contribution in [0, 0.1) is 0 Å².